The largest absolute Gasteiger partial charge is 0.448 e. The van der Waals surface area contributed by atoms with E-state index in [9.17, 15) is 4.79 Å². The predicted molar refractivity (Wildman–Crippen MR) is 59.6 cm³/mol. The first-order valence-electron chi connectivity index (χ1n) is 4.59. The van der Waals surface area contributed by atoms with Gasteiger partial charge in [0.1, 0.15) is 12.7 Å². The minimum absolute atomic E-state index is 0.143. The minimum Gasteiger partial charge on any atom is -0.448 e. The summed E-state index contributed by atoms with van der Waals surface area (Å²) in [6, 6.07) is 6.95. The van der Waals surface area contributed by atoms with Gasteiger partial charge in [-0.3, -0.25) is 0 Å². The zero-order valence-corrected chi connectivity index (χ0v) is 8.56. The van der Waals surface area contributed by atoms with Crippen molar-refractivity contribution in [2.75, 3.05) is 24.2 Å². The summed E-state index contributed by atoms with van der Waals surface area (Å²) in [5.74, 6) is 0. The van der Waals surface area contributed by atoms with Gasteiger partial charge in [0.05, 0.1) is 11.3 Å². The Labute approximate surface area is 92.8 Å². The highest BCUT2D eigenvalue weighted by Crippen LogP contribution is 2.17. The first-order chi connectivity index (χ1) is 7.63. The minimum atomic E-state index is -0.820. The predicted octanol–water partition coefficient (Wildman–Crippen LogP) is 0.648. The van der Waals surface area contributed by atoms with Crippen LogP contribution in [0.2, 0.25) is 0 Å². The number of benzene rings is 1. The van der Waals surface area contributed by atoms with Gasteiger partial charge in [-0.1, -0.05) is 0 Å². The molecule has 6 heteroatoms. The number of rotatable bonds is 4. The van der Waals surface area contributed by atoms with Crippen LogP contribution in [-0.4, -0.2) is 19.2 Å². The van der Waals surface area contributed by atoms with Crippen LogP contribution in [0.4, 0.5) is 16.2 Å². The number of hydrogen-bond acceptors (Lipinski definition) is 5. The van der Waals surface area contributed by atoms with E-state index in [1.165, 1.54) is 0 Å². The molecule has 0 unspecified atom stereocenters. The Hall–Kier alpha value is -2.42. The molecule has 1 aromatic carbocycles. The second-order valence-corrected chi connectivity index (χ2v) is 3.01. The van der Waals surface area contributed by atoms with E-state index in [0.717, 1.165) is 0 Å². The molecule has 0 aliphatic heterocycles. The Morgan fingerprint density at radius 3 is 2.94 bits per heavy atom. The number of nitrogens with zero attached hydrogens (tertiary/aromatic N) is 1. The molecule has 0 saturated heterocycles. The van der Waals surface area contributed by atoms with Crippen LogP contribution < -0.4 is 16.8 Å². The molecule has 1 aromatic rings. The lowest BCUT2D eigenvalue weighted by Gasteiger charge is -2.08. The molecule has 0 aromatic heterocycles. The molecular formula is C10H12N4O2. The van der Waals surface area contributed by atoms with Crippen LogP contribution in [0.15, 0.2) is 18.2 Å². The molecule has 16 heavy (non-hydrogen) atoms. The zero-order chi connectivity index (χ0) is 12.0. The Morgan fingerprint density at radius 1 is 1.56 bits per heavy atom. The van der Waals surface area contributed by atoms with Crippen LogP contribution in [-0.2, 0) is 4.74 Å². The van der Waals surface area contributed by atoms with Gasteiger partial charge in [-0.25, -0.2) is 4.79 Å². The lowest BCUT2D eigenvalue weighted by molar-refractivity contribution is 0.161. The fraction of sp³-hybridized carbons (Fsp3) is 0.200. The van der Waals surface area contributed by atoms with Gasteiger partial charge in [0.2, 0.25) is 0 Å². The lowest BCUT2D eigenvalue weighted by atomic mass is 10.2. The van der Waals surface area contributed by atoms with E-state index in [-0.39, 0.29) is 6.61 Å². The summed E-state index contributed by atoms with van der Waals surface area (Å²) in [7, 11) is 0. The molecule has 0 aliphatic rings. The fourth-order valence-electron chi connectivity index (χ4n) is 1.15. The number of hydrogen-bond donors (Lipinski definition) is 3. The molecule has 0 radical (unpaired) electrons. The maximum absolute atomic E-state index is 10.3. The lowest BCUT2D eigenvalue weighted by Crippen LogP contribution is -2.18. The monoisotopic (exact) mass is 220 g/mol. The SMILES string of the molecule is N#Cc1cc(N)ccc1NCCOC(N)=O. The van der Waals surface area contributed by atoms with E-state index in [1.807, 2.05) is 6.07 Å². The highest BCUT2D eigenvalue weighted by Gasteiger charge is 2.01. The first kappa shape index (κ1) is 11.7. The number of carbonyl (C=O) groups is 1. The highest BCUT2D eigenvalue weighted by atomic mass is 16.5. The van der Waals surface area contributed by atoms with Gasteiger partial charge in [-0.05, 0) is 18.2 Å². The normalized spacial score (nSPS) is 9.19. The van der Waals surface area contributed by atoms with Crippen LogP contribution in [0.3, 0.4) is 0 Å². The summed E-state index contributed by atoms with van der Waals surface area (Å²) in [5, 5.41) is 11.8. The Kier molecular flexibility index (Phi) is 3.98. The third-order valence-electron chi connectivity index (χ3n) is 1.83. The summed E-state index contributed by atoms with van der Waals surface area (Å²) in [6.07, 6.45) is -0.820. The molecular weight excluding hydrogens is 208 g/mol. The van der Waals surface area contributed by atoms with Crippen LogP contribution in [0, 0.1) is 11.3 Å². The summed E-state index contributed by atoms with van der Waals surface area (Å²) < 4.78 is 4.53. The van der Waals surface area contributed by atoms with Crippen molar-refractivity contribution in [1.82, 2.24) is 0 Å². The van der Waals surface area contributed by atoms with Crippen molar-refractivity contribution in [3.63, 3.8) is 0 Å². The van der Waals surface area contributed by atoms with Crippen molar-refractivity contribution >= 4 is 17.5 Å². The Bertz CT molecular complexity index is 425. The molecule has 0 bridgehead atoms. The second-order valence-electron chi connectivity index (χ2n) is 3.01. The van der Waals surface area contributed by atoms with Gasteiger partial charge in [0, 0.05) is 12.2 Å². The first-order valence-corrected chi connectivity index (χ1v) is 4.59. The number of carbonyl (C=O) groups excluding carboxylic acids is 1. The number of primary amides is 1. The van der Waals surface area contributed by atoms with E-state index in [4.69, 9.17) is 16.7 Å². The topological polar surface area (TPSA) is 114 Å². The summed E-state index contributed by atoms with van der Waals surface area (Å²) in [4.78, 5) is 10.3. The molecule has 6 nitrogen and oxygen atoms in total. The zero-order valence-electron chi connectivity index (χ0n) is 8.56. The fourth-order valence-corrected chi connectivity index (χ4v) is 1.15. The number of ether oxygens (including phenoxy) is 1. The molecule has 0 saturated carbocycles. The average Bonchev–Trinajstić information content (AvgIpc) is 2.25. The van der Waals surface area contributed by atoms with Crippen molar-refractivity contribution in [2.24, 2.45) is 5.73 Å². The van der Waals surface area contributed by atoms with Gasteiger partial charge in [0.25, 0.3) is 0 Å². The number of amides is 1. The van der Waals surface area contributed by atoms with Gasteiger partial charge < -0.3 is 21.5 Å². The highest BCUT2D eigenvalue weighted by molar-refractivity contribution is 5.65. The quantitative estimate of drug-likeness (QED) is 0.509. The molecule has 1 amide bonds. The standard InChI is InChI=1S/C10H12N4O2/c11-6-7-5-8(12)1-2-9(7)14-3-4-16-10(13)15/h1-2,5,14H,3-4,12H2,(H2,13,15). The third kappa shape index (κ3) is 3.38. The molecule has 0 atom stereocenters. The Balaban J connectivity index is 2.54. The number of nitrogens with one attached hydrogen (secondary N) is 1. The van der Waals surface area contributed by atoms with Crippen molar-refractivity contribution < 1.29 is 9.53 Å². The van der Waals surface area contributed by atoms with Crippen molar-refractivity contribution in [1.29, 1.82) is 5.26 Å². The molecule has 0 fully saturated rings. The smallest absolute Gasteiger partial charge is 0.404 e. The molecule has 0 spiro atoms. The summed E-state index contributed by atoms with van der Waals surface area (Å²) in [6.45, 7) is 0.520. The summed E-state index contributed by atoms with van der Waals surface area (Å²) in [5.41, 5.74) is 11.9. The van der Waals surface area contributed by atoms with Gasteiger partial charge in [0.15, 0.2) is 0 Å². The van der Waals surface area contributed by atoms with Crippen molar-refractivity contribution in [3.8, 4) is 6.07 Å². The average molecular weight is 220 g/mol. The molecule has 5 N–H and O–H groups in total. The summed E-state index contributed by atoms with van der Waals surface area (Å²) >= 11 is 0. The third-order valence-corrected chi connectivity index (χ3v) is 1.83. The molecule has 0 aliphatic carbocycles. The van der Waals surface area contributed by atoms with Crippen molar-refractivity contribution in [2.45, 2.75) is 0 Å². The van der Waals surface area contributed by atoms with Gasteiger partial charge >= 0.3 is 6.09 Å². The van der Waals surface area contributed by atoms with Crippen LogP contribution in [0.25, 0.3) is 0 Å². The number of nitrogens with two attached hydrogens (primary N) is 2. The number of anilines is 2. The molecule has 1 rings (SSSR count). The van der Waals surface area contributed by atoms with Gasteiger partial charge in [-0.2, -0.15) is 5.26 Å². The van der Waals surface area contributed by atoms with Crippen LogP contribution >= 0.6 is 0 Å². The number of nitriles is 1. The van der Waals surface area contributed by atoms with Gasteiger partial charge in [-0.15, -0.1) is 0 Å². The molecule has 0 heterocycles. The maximum atomic E-state index is 10.3. The molecule has 84 valence electrons. The van der Waals surface area contributed by atoms with Crippen molar-refractivity contribution in [3.05, 3.63) is 23.8 Å². The number of nitrogen functional groups attached to an aromatic ring is 1. The van der Waals surface area contributed by atoms with E-state index in [2.05, 4.69) is 10.1 Å². The van der Waals surface area contributed by atoms with E-state index < -0.39 is 6.09 Å². The van der Waals surface area contributed by atoms with E-state index in [0.29, 0.717) is 23.5 Å². The maximum Gasteiger partial charge on any atom is 0.404 e. The van der Waals surface area contributed by atoms with E-state index >= 15 is 0 Å². The second kappa shape index (κ2) is 5.46. The Morgan fingerprint density at radius 2 is 2.31 bits per heavy atom. The van der Waals surface area contributed by atoms with E-state index in [1.54, 1.807) is 18.2 Å². The van der Waals surface area contributed by atoms with Crippen LogP contribution in [0.1, 0.15) is 5.56 Å². The van der Waals surface area contributed by atoms with Crippen LogP contribution in [0.5, 0.6) is 0 Å².